The van der Waals surface area contributed by atoms with Gasteiger partial charge in [0.05, 0.1) is 25.8 Å². The minimum Gasteiger partial charge on any atom is -0.497 e. The number of methoxy groups -OCH3 is 1. The fourth-order valence-corrected chi connectivity index (χ4v) is 2.77. The van der Waals surface area contributed by atoms with Crippen LogP contribution in [-0.4, -0.2) is 35.6 Å². The summed E-state index contributed by atoms with van der Waals surface area (Å²) >= 11 is 1.55. The lowest BCUT2D eigenvalue weighted by Gasteiger charge is -2.01. The Bertz CT molecular complexity index is 694. The Hall–Kier alpha value is -2.28. The van der Waals surface area contributed by atoms with Crippen molar-refractivity contribution < 1.29 is 14.1 Å². The van der Waals surface area contributed by atoms with Crippen LogP contribution in [0.1, 0.15) is 5.69 Å². The molecule has 0 unspecified atom stereocenters. The Morgan fingerprint density at radius 1 is 1.41 bits per heavy atom. The SMILES string of the molecule is COc1ccc(-c2cc(CC(=O)NC3=NCCS3)no2)cc1. The summed E-state index contributed by atoms with van der Waals surface area (Å²) in [6, 6.07) is 9.23. The van der Waals surface area contributed by atoms with Gasteiger partial charge in [0.15, 0.2) is 10.9 Å². The smallest absolute Gasteiger partial charge is 0.232 e. The molecule has 2 aromatic rings. The Morgan fingerprint density at radius 3 is 2.91 bits per heavy atom. The number of aromatic nitrogens is 1. The number of ether oxygens (including phenoxy) is 1. The average molecular weight is 317 g/mol. The molecule has 114 valence electrons. The molecule has 2 heterocycles. The van der Waals surface area contributed by atoms with Crippen molar-refractivity contribution in [2.75, 3.05) is 19.4 Å². The number of carbonyl (C=O) groups excluding carboxylic acids is 1. The lowest BCUT2D eigenvalue weighted by Crippen LogP contribution is -2.28. The van der Waals surface area contributed by atoms with Crippen molar-refractivity contribution in [3.63, 3.8) is 0 Å². The van der Waals surface area contributed by atoms with Crippen LogP contribution < -0.4 is 10.1 Å². The summed E-state index contributed by atoms with van der Waals surface area (Å²) in [6.45, 7) is 0.756. The highest BCUT2D eigenvalue weighted by Crippen LogP contribution is 2.23. The van der Waals surface area contributed by atoms with Crippen molar-refractivity contribution in [3.05, 3.63) is 36.0 Å². The number of amidine groups is 1. The number of aliphatic imine (C=N–C) groups is 1. The number of thioether (sulfide) groups is 1. The number of hydrogen-bond acceptors (Lipinski definition) is 6. The first-order valence-electron chi connectivity index (χ1n) is 6.82. The third-order valence-corrected chi connectivity index (χ3v) is 4.00. The lowest BCUT2D eigenvalue weighted by molar-refractivity contribution is -0.119. The van der Waals surface area contributed by atoms with Crippen LogP contribution in [0, 0.1) is 0 Å². The molecule has 1 aromatic carbocycles. The van der Waals surface area contributed by atoms with Crippen LogP contribution in [0.5, 0.6) is 5.75 Å². The topological polar surface area (TPSA) is 76.7 Å². The molecule has 1 aliphatic heterocycles. The Balaban J connectivity index is 1.63. The van der Waals surface area contributed by atoms with Crippen LogP contribution in [0.25, 0.3) is 11.3 Å². The third-order valence-electron chi connectivity index (χ3n) is 3.11. The molecular formula is C15H15N3O3S. The second-order valence-corrected chi connectivity index (χ2v) is 5.75. The van der Waals surface area contributed by atoms with E-state index in [9.17, 15) is 4.79 Å². The van der Waals surface area contributed by atoms with Crippen molar-refractivity contribution in [2.45, 2.75) is 6.42 Å². The molecule has 1 N–H and O–H groups in total. The second-order valence-electron chi connectivity index (χ2n) is 4.67. The predicted octanol–water partition coefficient (Wildman–Crippen LogP) is 2.11. The van der Waals surface area contributed by atoms with E-state index in [0.29, 0.717) is 16.6 Å². The number of rotatable bonds is 4. The molecule has 3 rings (SSSR count). The molecule has 0 spiro atoms. The Labute approximate surface area is 131 Å². The maximum Gasteiger partial charge on any atom is 0.232 e. The van der Waals surface area contributed by atoms with Crippen molar-refractivity contribution in [1.82, 2.24) is 10.5 Å². The average Bonchev–Trinajstić information content (AvgIpc) is 3.19. The van der Waals surface area contributed by atoms with Gasteiger partial charge in [0, 0.05) is 17.4 Å². The quantitative estimate of drug-likeness (QED) is 0.934. The van der Waals surface area contributed by atoms with Crippen molar-refractivity contribution >= 4 is 22.8 Å². The van der Waals surface area contributed by atoms with Crippen LogP contribution in [0.2, 0.25) is 0 Å². The largest absolute Gasteiger partial charge is 0.497 e. The highest BCUT2D eigenvalue weighted by molar-refractivity contribution is 8.14. The molecule has 7 heteroatoms. The van der Waals surface area contributed by atoms with E-state index in [1.807, 2.05) is 24.3 Å². The zero-order valence-corrected chi connectivity index (χ0v) is 12.9. The first kappa shape index (κ1) is 14.6. The molecule has 1 aromatic heterocycles. The molecule has 0 radical (unpaired) electrons. The molecule has 0 saturated carbocycles. The van der Waals surface area contributed by atoms with E-state index >= 15 is 0 Å². The minimum atomic E-state index is -0.136. The first-order chi connectivity index (χ1) is 10.7. The van der Waals surface area contributed by atoms with Crippen LogP contribution in [0.4, 0.5) is 0 Å². The van der Waals surface area contributed by atoms with Crippen LogP contribution in [-0.2, 0) is 11.2 Å². The van der Waals surface area contributed by atoms with Gasteiger partial charge in [-0.2, -0.15) is 0 Å². The highest BCUT2D eigenvalue weighted by atomic mass is 32.2. The van der Waals surface area contributed by atoms with Gasteiger partial charge >= 0.3 is 0 Å². The van der Waals surface area contributed by atoms with Gasteiger partial charge in [-0.3, -0.25) is 9.79 Å². The van der Waals surface area contributed by atoms with E-state index in [2.05, 4.69) is 15.5 Å². The second kappa shape index (κ2) is 6.65. The molecule has 1 amide bonds. The summed E-state index contributed by atoms with van der Waals surface area (Å²) < 4.78 is 10.4. The van der Waals surface area contributed by atoms with E-state index in [1.165, 1.54) is 0 Å². The van der Waals surface area contributed by atoms with Gasteiger partial charge in [0.1, 0.15) is 5.75 Å². The normalized spacial score (nSPS) is 13.8. The van der Waals surface area contributed by atoms with Crippen LogP contribution in [0.3, 0.4) is 0 Å². The standard InChI is InChI=1S/C15H15N3O3S/c1-20-12-4-2-10(3-5-12)13-8-11(18-21-13)9-14(19)17-15-16-6-7-22-15/h2-5,8H,6-7,9H2,1H3,(H,16,17,19). The van der Waals surface area contributed by atoms with E-state index in [4.69, 9.17) is 9.26 Å². The molecule has 0 aliphatic carbocycles. The summed E-state index contributed by atoms with van der Waals surface area (Å²) in [5.41, 5.74) is 1.47. The first-order valence-corrected chi connectivity index (χ1v) is 7.80. The zero-order chi connectivity index (χ0) is 15.4. The summed E-state index contributed by atoms with van der Waals surface area (Å²) in [6.07, 6.45) is 0.166. The molecule has 0 atom stereocenters. The maximum absolute atomic E-state index is 11.9. The number of hydrogen-bond donors (Lipinski definition) is 1. The molecule has 6 nitrogen and oxygen atoms in total. The van der Waals surface area contributed by atoms with Crippen LogP contribution in [0.15, 0.2) is 39.8 Å². The van der Waals surface area contributed by atoms with Gasteiger partial charge in [-0.15, -0.1) is 0 Å². The van der Waals surface area contributed by atoms with Gasteiger partial charge in [-0.05, 0) is 24.3 Å². The van der Waals surface area contributed by atoms with Crippen molar-refractivity contribution in [1.29, 1.82) is 0 Å². The predicted molar refractivity (Wildman–Crippen MR) is 85.1 cm³/mol. The summed E-state index contributed by atoms with van der Waals surface area (Å²) in [7, 11) is 1.62. The third kappa shape index (κ3) is 3.48. The van der Waals surface area contributed by atoms with E-state index in [-0.39, 0.29) is 12.3 Å². The Kier molecular flexibility index (Phi) is 4.43. The highest BCUT2D eigenvalue weighted by Gasteiger charge is 2.14. The van der Waals surface area contributed by atoms with Gasteiger partial charge < -0.3 is 14.6 Å². The Morgan fingerprint density at radius 2 is 2.23 bits per heavy atom. The summed E-state index contributed by atoms with van der Waals surface area (Å²) in [5.74, 6) is 2.18. The van der Waals surface area contributed by atoms with E-state index in [1.54, 1.807) is 24.9 Å². The fraction of sp³-hybridized carbons (Fsp3) is 0.267. The molecule has 0 saturated heterocycles. The van der Waals surface area contributed by atoms with Crippen molar-refractivity contribution in [2.24, 2.45) is 4.99 Å². The molecule has 1 aliphatic rings. The van der Waals surface area contributed by atoms with Gasteiger partial charge in [0.2, 0.25) is 5.91 Å². The molecule has 22 heavy (non-hydrogen) atoms. The number of carbonyl (C=O) groups is 1. The van der Waals surface area contributed by atoms with E-state index < -0.39 is 0 Å². The van der Waals surface area contributed by atoms with Gasteiger partial charge in [-0.25, -0.2) is 0 Å². The molecular weight excluding hydrogens is 302 g/mol. The van der Waals surface area contributed by atoms with Crippen LogP contribution >= 0.6 is 11.8 Å². The lowest BCUT2D eigenvalue weighted by atomic mass is 10.1. The minimum absolute atomic E-state index is 0.136. The molecule has 0 bridgehead atoms. The maximum atomic E-state index is 11.9. The number of amides is 1. The fourth-order valence-electron chi connectivity index (χ4n) is 2.03. The number of nitrogens with one attached hydrogen (secondary N) is 1. The molecule has 0 fully saturated rings. The van der Waals surface area contributed by atoms with E-state index in [0.717, 1.165) is 23.6 Å². The number of nitrogens with zero attached hydrogens (tertiary/aromatic N) is 2. The van der Waals surface area contributed by atoms with Crippen molar-refractivity contribution in [3.8, 4) is 17.1 Å². The van der Waals surface area contributed by atoms with Gasteiger partial charge in [0.25, 0.3) is 0 Å². The summed E-state index contributed by atoms with van der Waals surface area (Å²) in [4.78, 5) is 16.1. The van der Waals surface area contributed by atoms with Gasteiger partial charge in [-0.1, -0.05) is 16.9 Å². The summed E-state index contributed by atoms with van der Waals surface area (Å²) in [5, 5.41) is 7.39. The monoisotopic (exact) mass is 317 g/mol. The number of benzene rings is 1. The zero-order valence-electron chi connectivity index (χ0n) is 12.0.